The Morgan fingerprint density at radius 1 is 0.867 bits per heavy atom. The molecule has 1 amide bonds. The Morgan fingerprint density at radius 2 is 1.67 bits per heavy atom. The lowest BCUT2D eigenvalue weighted by atomic mass is 10.1. The molecule has 2 aromatic carbocycles. The molecule has 0 aliphatic carbocycles. The van der Waals surface area contributed by atoms with Crippen molar-refractivity contribution in [3.63, 3.8) is 0 Å². The molecule has 0 saturated carbocycles. The number of hydrogen-bond donors (Lipinski definition) is 0. The number of benzene rings is 2. The Hall–Kier alpha value is -2.86. The van der Waals surface area contributed by atoms with Crippen molar-refractivity contribution in [2.24, 2.45) is 0 Å². The highest BCUT2D eigenvalue weighted by molar-refractivity contribution is 6.30. The number of anilines is 2. The van der Waals surface area contributed by atoms with Crippen molar-refractivity contribution in [2.75, 3.05) is 49.1 Å². The zero-order chi connectivity index (χ0) is 20.5. The van der Waals surface area contributed by atoms with Gasteiger partial charge in [0.25, 0.3) is 5.91 Å². The fourth-order valence-corrected chi connectivity index (χ4v) is 4.56. The Bertz CT molecular complexity index is 1070. The van der Waals surface area contributed by atoms with Crippen LogP contribution in [-0.2, 0) is 0 Å². The topological polar surface area (TPSA) is 52.6 Å². The van der Waals surface area contributed by atoms with Gasteiger partial charge in [-0.05, 0) is 49.2 Å². The number of carbonyl (C=O) groups is 1. The van der Waals surface area contributed by atoms with Gasteiger partial charge in [-0.2, -0.15) is 0 Å². The number of fused-ring (bicyclic) bond motifs is 1. The number of hydrogen-bond acceptors (Lipinski definition) is 5. The van der Waals surface area contributed by atoms with Crippen LogP contribution in [0.1, 0.15) is 23.2 Å². The summed E-state index contributed by atoms with van der Waals surface area (Å²) in [5, 5.41) is 1.70. The van der Waals surface area contributed by atoms with E-state index in [0.717, 1.165) is 53.6 Å². The van der Waals surface area contributed by atoms with Gasteiger partial charge in [-0.25, -0.2) is 9.97 Å². The number of amides is 1. The normalized spacial score (nSPS) is 17.0. The minimum Gasteiger partial charge on any atom is -0.368 e. The van der Waals surface area contributed by atoms with Crippen LogP contribution in [0.2, 0.25) is 5.02 Å². The highest BCUT2D eigenvalue weighted by Gasteiger charge is 2.24. The number of carbonyl (C=O) groups excluding carboxylic acids is 1. The summed E-state index contributed by atoms with van der Waals surface area (Å²) >= 11 is 6.13. The first-order valence-corrected chi connectivity index (χ1v) is 10.9. The minimum absolute atomic E-state index is 0.0684. The summed E-state index contributed by atoms with van der Waals surface area (Å²) in [6.45, 7) is 4.98. The van der Waals surface area contributed by atoms with Gasteiger partial charge in [0, 0.05) is 60.9 Å². The molecule has 5 rings (SSSR count). The van der Waals surface area contributed by atoms with Gasteiger partial charge in [0.2, 0.25) is 0 Å². The van der Waals surface area contributed by atoms with E-state index in [4.69, 9.17) is 11.6 Å². The molecule has 2 aliphatic heterocycles. The second-order valence-electron chi connectivity index (χ2n) is 7.88. The van der Waals surface area contributed by atoms with E-state index in [9.17, 15) is 4.79 Å². The van der Waals surface area contributed by atoms with E-state index in [1.54, 1.807) is 6.33 Å². The number of piperazine rings is 1. The Kier molecular flexibility index (Phi) is 5.17. The first-order chi connectivity index (χ1) is 14.7. The number of aromatic nitrogens is 2. The highest BCUT2D eigenvalue weighted by atomic mass is 35.5. The predicted octanol–water partition coefficient (Wildman–Crippen LogP) is 3.85. The van der Waals surface area contributed by atoms with Gasteiger partial charge in [0.1, 0.15) is 12.1 Å². The third kappa shape index (κ3) is 3.67. The lowest BCUT2D eigenvalue weighted by Crippen LogP contribution is -2.48. The van der Waals surface area contributed by atoms with Gasteiger partial charge in [-0.3, -0.25) is 4.79 Å². The molecule has 0 radical (unpaired) electrons. The summed E-state index contributed by atoms with van der Waals surface area (Å²) in [6, 6.07) is 13.7. The molecule has 3 heterocycles. The quantitative estimate of drug-likeness (QED) is 0.643. The highest BCUT2D eigenvalue weighted by Crippen LogP contribution is 2.27. The number of nitrogens with zero attached hydrogens (tertiary/aromatic N) is 5. The standard InChI is InChI=1S/C23H24ClN5O/c24-18-4-3-5-19(15-18)27-10-12-29(13-11-27)23(30)17-6-7-21-20(14-17)22(26-16-25-21)28-8-1-2-9-28/h3-7,14-16H,1-2,8-13H2. The minimum atomic E-state index is 0.0684. The van der Waals surface area contributed by atoms with Crippen molar-refractivity contribution in [1.29, 1.82) is 0 Å². The fraction of sp³-hybridized carbons (Fsp3) is 0.348. The molecule has 0 atom stereocenters. The first-order valence-electron chi connectivity index (χ1n) is 10.5. The van der Waals surface area contributed by atoms with Crippen LogP contribution in [0.3, 0.4) is 0 Å². The Labute approximate surface area is 181 Å². The Morgan fingerprint density at radius 3 is 2.43 bits per heavy atom. The van der Waals surface area contributed by atoms with E-state index in [0.29, 0.717) is 18.7 Å². The molecule has 0 unspecified atom stereocenters. The lowest BCUT2D eigenvalue weighted by Gasteiger charge is -2.36. The van der Waals surface area contributed by atoms with Gasteiger partial charge >= 0.3 is 0 Å². The molecule has 154 valence electrons. The fourth-order valence-electron chi connectivity index (χ4n) is 4.38. The van der Waals surface area contributed by atoms with Gasteiger partial charge < -0.3 is 14.7 Å². The molecule has 2 saturated heterocycles. The van der Waals surface area contributed by atoms with Crippen molar-refractivity contribution < 1.29 is 4.79 Å². The Balaban J connectivity index is 1.34. The molecule has 1 aromatic heterocycles. The molecule has 6 nitrogen and oxygen atoms in total. The van der Waals surface area contributed by atoms with Crippen LogP contribution in [-0.4, -0.2) is 60.0 Å². The SMILES string of the molecule is O=C(c1ccc2ncnc(N3CCCC3)c2c1)N1CCN(c2cccc(Cl)c2)CC1. The van der Waals surface area contributed by atoms with E-state index < -0.39 is 0 Å². The third-order valence-corrected chi connectivity index (χ3v) is 6.24. The molecule has 0 N–H and O–H groups in total. The molecular weight excluding hydrogens is 398 g/mol. The lowest BCUT2D eigenvalue weighted by molar-refractivity contribution is 0.0747. The maximum Gasteiger partial charge on any atom is 0.254 e. The largest absolute Gasteiger partial charge is 0.368 e. The van der Waals surface area contributed by atoms with Crippen LogP contribution >= 0.6 is 11.6 Å². The molecule has 0 bridgehead atoms. The van der Waals surface area contributed by atoms with Gasteiger partial charge in [-0.1, -0.05) is 17.7 Å². The monoisotopic (exact) mass is 421 g/mol. The summed E-state index contributed by atoms with van der Waals surface area (Å²) < 4.78 is 0. The average molecular weight is 422 g/mol. The summed E-state index contributed by atoms with van der Waals surface area (Å²) in [5.41, 5.74) is 2.69. The molecular formula is C23H24ClN5O. The van der Waals surface area contributed by atoms with Crippen LogP contribution in [0, 0.1) is 0 Å². The van der Waals surface area contributed by atoms with Crippen molar-refractivity contribution >= 4 is 39.9 Å². The van der Waals surface area contributed by atoms with Crippen LogP contribution < -0.4 is 9.80 Å². The molecule has 2 fully saturated rings. The zero-order valence-electron chi connectivity index (χ0n) is 16.8. The van der Waals surface area contributed by atoms with E-state index >= 15 is 0 Å². The third-order valence-electron chi connectivity index (χ3n) is 6.01. The van der Waals surface area contributed by atoms with Crippen molar-refractivity contribution in [2.45, 2.75) is 12.8 Å². The molecule has 2 aliphatic rings. The van der Waals surface area contributed by atoms with Crippen molar-refractivity contribution in [3.05, 3.63) is 59.4 Å². The number of halogens is 1. The maximum atomic E-state index is 13.2. The summed E-state index contributed by atoms with van der Waals surface area (Å²) in [7, 11) is 0. The molecule has 7 heteroatoms. The van der Waals surface area contributed by atoms with Crippen LogP contribution in [0.5, 0.6) is 0 Å². The predicted molar refractivity (Wildman–Crippen MR) is 121 cm³/mol. The van der Waals surface area contributed by atoms with Crippen LogP contribution in [0.15, 0.2) is 48.8 Å². The van der Waals surface area contributed by atoms with Crippen molar-refractivity contribution in [3.8, 4) is 0 Å². The van der Waals surface area contributed by atoms with E-state index in [1.165, 1.54) is 12.8 Å². The van der Waals surface area contributed by atoms with Gasteiger partial charge in [0.05, 0.1) is 5.52 Å². The van der Waals surface area contributed by atoms with E-state index in [-0.39, 0.29) is 5.91 Å². The van der Waals surface area contributed by atoms with Crippen LogP contribution in [0.4, 0.5) is 11.5 Å². The van der Waals surface area contributed by atoms with Gasteiger partial charge in [-0.15, -0.1) is 0 Å². The molecule has 0 spiro atoms. The first kappa shape index (κ1) is 19.1. The second-order valence-corrected chi connectivity index (χ2v) is 8.32. The maximum absolute atomic E-state index is 13.2. The summed E-state index contributed by atoms with van der Waals surface area (Å²) in [5.74, 6) is 1.01. The second kappa shape index (κ2) is 8.11. The molecule has 3 aromatic rings. The van der Waals surface area contributed by atoms with Crippen molar-refractivity contribution in [1.82, 2.24) is 14.9 Å². The summed E-state index contributed by atoms with van der Waals surface area (Å²) in [4.78, 5) is 28.6. The smallest absolute Gasteiger partial charge is 0.254 e. The molecule has 30 heavy (non-hydrogen) atoms. The number of rotatable bonds is 3. The average Bonchev–Trinajstić information content (AvgIpc) is 3.33. The van der Waals surface area contributed by atoms with E-state index in [2.05, 4.69) is 25.8 Å². The van der Waals surface area contributed by atoms with Crippen LogP contribution in [0.25, 0.3) is 10.9 Å². The van der Waals surface area contributed by atoms with E-state index in [1.807, 2.05) is 41.3 Å². The zero-order valence-corrected chi connectivity index (χ0v) is 17.6. The summed E-state index contributed by atoms with van der Waals surface area (Å²) in [6.07, 6.45) is 3.98. The van der Waals surface area contributed by atoms with Gasteiger partial charge in [0.15, 0.2) is 0 Å².